The number of rotatable bonds is 5. The van der Waals surface area contributed by atoms with Crippen LogP contribution in [-0.4, -0.2) is 86.5 Å². The van der Waals surface area contributed by atoms with Gasteiger partial charge in [0.1, 0.15) is 0 Å². The Morgan fingerprint density at radius 3 is 1.11 bits per heavy atom. The summed E-state index contributed by atoms with van der Waals surface area (Å²) in [5.74, 6) is 0. The van der Waals surface area contributed by atoms with E-state index in [2.05, 4.69) is 0 Å². The van der Waals surface area contributed by atoms with Crippen molar-refractivity contribution in [3.8, 4) is 0 Å². The summed E-state index contributed by atoms with van der Waals surface area (Å²) in [5.41, 5.74) is -3.06. The molecule has 0 saturated carbocycles. The fourth-order valence-corrected chi connectivity index (χ4v) is 33.2. The Bertz CT molecular complexity index is 1030. The van der Waals surface area contributed by atoms with Crippen molar-refractivity contribution >= 4 is 72.8 Å². The van der Waals surface area contributed by atoms with Crippen molar-refractivity contribution in [2.75, 3.05) is 0 Å². The molecular weight excluding hydrogens is 630 g/mol. The van der Waals surface area contributed by atoms with Gasteiger partial charge in [-0.1, -0.05) is 0 Å². The molecule has 23 heteroatoms. The van der Waals surface area contributed by atoms with Gasteiger partial charge in [-0.15, -0.1) is 0 Å². The Hall–Kier alpha value is -0.245. The molecule has 37 heavy (non-hydrogen) atoms. The second-order valence-electron chi connectivity index (χ2n) is 9.26. The molecule has 4 unspecified atom stereocenters. The monoisotopic (exact) mass is 665 g/mol. The zero-order chi connectivity index (χ0) is 27.7. The van der Waals surface area contributed by atoms with Crippen molar-refractivity contribution in [1.82, 2.24) is 13.7 Å². The van der Waals surface area contributed by atoms with Crippen LogP contribution < -0.4 is 17.1 Å². The molecule has 0 N–H and O–H groups in total. The molecule has 212 valence electrons. The fraction of sp³-hybridized carbons (Fsp3) is 0.786. The number of alkyl halides is 1. The summed E-state index contributed by atoms with van der Waals surface area (Å²) in [4.78, 5) is 39.7. The van der Waals surface area contributed by atoms with Crippen LogP contribution in [0.15, 0.2) is 14.4 Å². The van der Waals surface area contributed by atoms with E-state index in [1.165, 1.54) is 0 Å². The van der Waals surface area contributed by atoms with Crippen molar-refractivity contribution in [2.24, 2.45) is 0 Å². The molecule has 2 aliphatic heterocycles. The zero-order valence-electron chi connectivity index (χ0n) is 22.3. The van der Waals surface area contributed by atoms with Crippen LogP contribution in [0.1, 0.15) is 0 Å². The first-order chi connectivity index (χ1) is 17.1. The highest BCUT2D eigenvalue weighted by Crippen LogP contribution is 2.19. The lowest BCUT2D eigenvalue weighted by Crippen LogP contribution is -2.63. The third-order valence-electron chi connectivity index (χ3n) is 5.59. The lowest BCUT2D eigenvalue weighted by atomic mass is 10.8. The Balaban J connectivity index is 2.04. The summed E-state index contributed by atoms with van der Waals surface area (Å²) in [7, 11) is -19.0. The summed E-state index contributed by atoms with van der Waals surface area (Å²) in [6, 6.07) is 0. The highest BCUT2D eigenvalue weighted by Gasteiger charge is 2.43. The Morgan fingerprint density at radius 2 is 0.838 bits per heavy atom. The van der Waals surface area contributed by atoms with Crippen molar-refractivity contribution < 1.29 is 37.3 Å². The van der Waals surface area contributed by atoms with Crippen LogP contribution in [0, 0.1) is 0 Å². The molecule has 3 rings (SSSR count). The molecule has 0 aliphatic carbocycles. The first kappa shape index (κ1) is 31.3. The molecule has 14 nitrogen and oxygen atoms in total. The van der Waals surface area contributed by atoms with Crippen LogP contribution in [0.25, 0.3) is 0 Å². The van der Waals surface area contributed by atoms with Gasteiger partial charge in [0.05, 0.1) is 12.3 Å². The molecule has 0 spiro atoms. The van der Waals surface area contributed by atoms with Crippen LogP contribution in [0.2, 0.25) is 52.4 Å². The molecule has 1 aromatic heterocycles. The van der Waals surface area contributed by atoms with E-state index < -0.39 is 96.7 Å². The summed E-state index contributed by atoms with van der Waals surface area (Å²) in [6.45, 7) is 13.1. The van der Waals surface area contributed by atoms with Crippen LogP contribution >= 0.6 is 0 Å². The predicted molar refractivity (Wildman–Crippen MR) is 150 cm³/mol. The van der Waals surface area contributed by atoms with Gasteiger partial charge in [0, 0.05) is 0 Å². The largest absolute Gasteiger partial charge is 0.420 e. The van der Waals surface area contributed by atoms with Crippen molar-refractivity contribution in [2.45, 2.75) is 71.5 Å². The number of hydrogen-bond donors (Lipinski definition) is 0. The molecule has 4 atom stereocenters. The smallest absolute Gasteiger partial charge is 0.338 e. The molecule has 0 amide bonds. The van der Waals surface area contributed by atoms with Crippen molar-refractivity contribution in [3.05, 3.63) is 31.5 Å². The van der Waals surface area contributed by atoms with Gasteiger partial charge in [0.25, 0.3) is 55.7 Å². The van der Waals surface area contributed by atoms with Gasteiger partial charge in [-0.2, -0.15) is 0 Å². The Labute approximate surface area is 226 Å². The lowest BCUT2D eigenvalue weighted by molar-refractivity contribution is 0.260. The van der Waals surface area contributed by atoms with E-state index in [1.807, 2.05) is 39.3 Å². The second kappa shape index (κ2) is 12.5. The average Bonchev–Trinajstić information content (AvgIpc) is 2.72. The van der Waals surface area contributed by atoms with E-state index in [0.717, 1.165) is 9.13 Å². The fourth-order valence-electron chi connectivity index (χ4n) is 4.49. The van der Waals surface area contributed by atoms with Gasteiger partial charge < -0.3 is 32.9 Å². The number of hydrogen-bond acceptors (Lipinski definition) is 11. The normalized spacial score (nSPS) is 37.9. The number of nitrogens with zero attached hydrogens (tertiary/aromatic N) is 3. The molecule has 0 radical (unpaired) electrons. The van der Waals surface area contributed by atoms with Crippen LogP contribution in [-0.2, 0) is 52.1 Å². The van der Waals surface area contributed by atoms with Crippen LogP contribution in [0.5, 0.6) is 0 Å². The van der Waals surface area contributed by atoms with Gasteiger partial charge in [0.2, 0.25) is 0 Å². The van der Waals surface area contributed by atoms with E-state index in [0.29, 0.717) is 4.57 Å². The molecule has 0 bridgehead atoms. The van der Waals surface area contributed by atoms with E-state index >= 15 is 0 Å². The van der Waals surface area contributed by atoms with E-state index in [4.69, 9.17) is 32.9 Å². The van der Waals surface area contributed by atoms with E-state index in [1.54, 1.807) is 13.1 Å². The molecule has 2 aliphatic rings. The Morgan fingerprint density at radius 1 is 0.568 bits per heavy atom. The molecule has 0 aromatic carbocycles. The van der Waals surface area contributed by atoms with Crippen LogP contribution in [0.3, 0.4) is 0 Å². The quantitative estimate of drug-likeness (QED) is 0.311. The Kier molecular flexibility index (Phi) is 10.6. The minimum Gasteiger partial charge on any atom is -0.420 e. The topological polar surface area (TPSA) is 140 Å². The van der Waals surface area contributed by atoms with Gasteiger partial charge in [0.15, 0.2) is 6.80 Å². The van der Waals surface area contributed by atoms with E-state index in [9.17, 15) is 18.8 Å². The molecule has 2 saturated heterocycles. The summed E-state index contributed by atoms with van der Waals surface area (Å²) in [5, 5.41) is 0. The second-order valence-corrected chi connectivity index (χ2v) is 29.4. The van der Waals surface area contributed by atoms with Gasteiger partial charge in [-0.05, 0) is 52.4 Å². The third kappa shape index (κ3) is 7.91. The summed E-state index contributed by atoms with van der Waals surface area (Å²) in [6.07, 6.45) is -0.512. The van der Waals surface area contributed by atoms with Gasteiger partial charge in [-0.3, -0.25) is 0 Å². The van der Waals surface area contributed by atoms with Gasteiger partial charge in [-0.25, -0.2) is 32.5 Å². The van der Waals surface area contributed by atoms with Crippen LogP contribution in [0.4, 0.5) is 4.39 Å². The predicted octanol–water partition coefficient (Wildman–Crippen LogP) is -2.42. The highest BCUT2D eigenvalue weighted by molar-refractivity contribution is 6.81. The van der Waals surface area contributed by atoms with Crippen molar-refractivity contribution in [1.29, 1.82) is 0 Å². The minimum atomic E-state index is -3.24. The summed E-state index contributed by atoms with van der Waals surface area (Å²) < 4.78 is 64.3. The lowest BCUT2D eigenvalue weighted by Gasteiger charge is -2.37. The molecular formula is C14H36FN3O11Si8. The number of halogens is 1. The maximum Gasteiger partial charge on any atom is 0.338 e. The van der Waals surface area contributed by atoms with E-state index in [-0.39, 0.29) is 12.3 Å². The third-order valence-corrected chi connectivity index (χ3v) is 32.9. The SMILES string of the molecule is C[SiH]1O[SiH](C)O[Si](C)(Cn2c(=O)n(CF)c(=O)n(C[Si]3(C)O[SiH](C)O[SiH](C)O[SiH](C)O3)c2=O)O[SiH](C)O1. The first-order valence-corrected chi connectivity index (χ1v) is 29.6. The zero-order valence-corrected chi connectivity index (χ0v) is 31.2. The standard InChI is InChI=1S/C14H36FN3O11Si8/c1-30-22-32(3)26-36(7,27-33(4)23-30)10-17-12(19)16(9-15)13(20)18(14(17)21)11-37(8)28-34(5)24-31(2)25-35(6)29-37/h30-35H,9-11H2,1-8H3. The maximum atomic E-state index is 13.9. The number of aromatic nitrogens is 3. The maximum absolute atomic E-state index is 13.9. The molecule has 2 fully saturated rings. The van der Waals surface area contributed by atoms with Crippen molar-refractivity contribution in [3.63, 3.8) is 0 Å². The highest BCUT2D eigenvalue weighted by atomic mass is 28.5. The van der Waals surface area contributed by atoms with Gasteiger partial charge >= 0.3 is 34.2 Å². The molecule has 1 aromatic rings. The first-order valence-electron chi connectivity index (χ1n) is 12.0. The minimum absolute atomic E-state index is 0.256. The summed E-state index contributed by atoms with van der Waals surface area (Å²) >= 11 is 0. The average molecular weight is 666 g/mol. The molecule has 3 heterocycles.